The number of benzene rings is 1. The Hall–Kier alpha value is -1.13. The van der Waals surface area contributed by atoms with Gasteiger partial charge in [0, 0.05) is 10.0 Å². The summed E-state index contributed by atoms with van der Waals surface area (Å²) in [6.45, 7) is 5.87. The molecule has 18 heavy (non-hydrogen) atoms. The highest BCUT2D eigenvalue weighted by Gasteiger charge is 2.09. The number of hydrogen-bond acceptors (Lipinski definition) is 3. The molecule has 1 heterocycles. The minimum absolute atomic E-state index is 0.681. The van der Waals surface area contributed by atoms with E-state index >= 15 is 0 Å². The van der Waals surface area contributed by atoms with E-state index in [1.165, 1.54) is 5.56 Å². The molecule has 0 aliphatic carbocycles. The second-order valence-corrected chi connectivity index (χ2v) is 5.06. The fraction of sp³-hybridized carbons (Fsp3) is 0.357. The van der Waals surface area contributed by atoms with Crippen molar-refractivity contribution < 1.29 is 4.42 Å². The zero-order chi connectivity index (χ0) is 13.0. The SMILES string of the molecule is CCCNCc1ncc(-c2cccc(Br)c2C)o1. The first-order chi connectivity index (χ1) is 8.72. The molecule has 0 atom stereocenters. The van der Waals surface area contributed by atoms with Crippen molar-refractivity contribution in [3.63, 3.8) is 0 Å². The number of aromatic nitrogens is 1. The lowest BCUT2D eigenvalue weighted by atomic mass is 10.1. The van der Waals surface area contributed by atoms with E-state index in [9.17, 15) is 0 Å². The molecule has 0 saturated carbocycles. The molecule has 1 aromatic heterocycles. The summed E-state index contributed by atoms with van der Waals surface area (Å²) >= 11 is 3.53. The van der Waals surface area contributed by atoms with Crippen molar-refractivity contribution in [1.29, 1.82) is 0 Å². The molecule has 0 saturated heterocycles. The largest absolute Gasteiger partial charge is 0.439 e. The van der Waals surface area contributed by atoms with Crippen LogP contribution in [-0.2, 0) is 6.54 Å². The van der Waals surface area contributed by atoms with Gasteiger partial charge in [-0.3, -0.25) is 0 Å². The minimum Gasteiger partial charge on any atom is -0.439 e. The highest BCUT2D eigenvalue weighted by atomic mass is 79.9. The van der Waals surface area contributed by atoms with Crippen LogP contribution in [0.2, 0.25) is 0 Å². The van der Waals surface area contributed by atoms with Crippen LogP contribution in [0, 0.1) is 6.92 Å². The Bertz CT molecular complexity index is 522. The summed E-state index contributed by atoms with van der Waals surface area (Å²) in [5.74, 6) is 1.56. The number of nitrogens with one attached hydrogen (secondary N) is 1. The zero-order valence-corrected chi connectivity index (χ0v) is 12.3. The summed E-state index contributed by atoms with van der Waals surface area (Å²) in [7, 11) is 0. The lowest BCUT2D eigenvalue weighted by Gasteiger charge is -2.03. The summed E-state index contributed by atoms with van der Waals surface area (Å²) in [6, 6.07) is 6.08. The molecule has 2 rings (SSSR count). The fourth-order valence-corrected chi connectivity index (χ4v) is 2.13. The van der Waals surface area contributed by atoms with Gasteiger partial charge in [-0.1, -0.05) is 35.0 Å². The van der Waals surface area contributed by atoms with Gasteiger partial charge in [0.25, 0.3) is 0 Å². The van der Waals surface area contributed by atoms with Gasteiger partial charge in [-0.2, -0.15) is 0 Å². The molecule has 0 unspecified atom stereocenters. The first kappa shape index (κ1) is 13.3. The average molecular weight is 309 g/mol. The minimum atomic E-state index is 0.681. The standard InChI is InChI=1S/C14H17BrN2O/c1-3-7-16-9-14-17-8-13(18-14)11-5-4-6-12(15)10(11)2/h4-6,8,16H,3,7,9H2,1-2H3. The Labute approximate surface area is 116 Å². The van der Waals surface area contributed by atoms with Crippen LogP contribution < -0.4 is 5.32 Å². The van der Waals surface area contributed by atoms with Crippen molar-refractivity contribution in [3.8, 4) is 11.3 Å². The monoisotopic (exact) mass is 308 g/mol. The van der Waals surface area contributed by atoms with Crippen molar-refractivity contribution in [3.05, 3.63) is 40.3 Å². The Morgan fingerprint density at radius 2 is 2.22 bits per heavy atom. The highest BCUT2D eigenvalue weighted by molar-refractivity contribution is 9.10. The van der Waals surface area contributed by atoms with E-state index in [1.54, 1.807) is 6.20 Å². The van der Waals surface area contributed by atoms with E-state index in [2.05, 4.69) is 40.1 Å². The average Bonchev–Trinajstić information content (AvgIpc) is 2.82. The van der Waals surface area contributed by atoms with Gasteiger partial charge in [-0.25, -0.2) is 4.98 Å². The van der Waals surface area contributed by atoms with Gasteiger partial charge >= 0.3 is 0 Å². The molecule has 0 amide bonds. The van der Waals surface area contributed by atoms with Crippen LogP contribution in [0.25, 0.3) is 11.3 Å². The summed E-state index contributed by atoms with van der Waals surface area (Å²) < 4.78 is 6.84. The Morgan fingerprint density at radius 1 is 1.39 bits per heavy atom. The van der Waals surface area contributed by atoms with E-state index < -0.39 is 0 Å². The topological polar surface area (TPSA) is 38.1 Å². The molecule has 0 bridgehead atoms. The maximum atomic E-state index is 5.76. The van der Waals surface area contributed by atoms with Gasteiger partial charge in [0.2, 0.25) is 5.89 Å². The summed E-state index contributed by atoms with van der Waals surface area (Å²) in [4.78, 5) is 4.29. The molecule has 0 fully saturated rings. The van der Waals surface area contributed by atoms with E-state index in [4.69, 9.17) is 4.42 Å². The fourth-order valence-electron chi connectivity index (χ4n) is 1.76. The molecule has 96 valence electrons. The van der Waals surface area contributed by atoms with Crippen LogP contribution in [0.5, 0.6) is 0 Å². The third kappa shape index (κ3) is 3.00. The molecule has 1 aromatic carbocycles. The van der Waals surface area contributed by atoms with Gasteiger partial charge in [0.1, 0.15) is 0 Å². The number of halogens is 1. The molecule has 4 heteroatoms. The number of oxazole rings is 1. The molecular weight excluding hydrogens is 292 g/mol. The van der Waals surface area contributed by atoms with E-state index in [1.807, 2.05) is 18.2 Å². The Kier molecular flexibility index (Phi) is 4.55. The van der Waals surface area contributed by atoms with Gasteiger partial charge in [-0.05, 0) is 31.5 Å². The normalized spacial score (nSPS) is 10.8. The highest BCUT2D eigenvalue weighted by Crippen LogP contribution is 2.28. The van der Waals surface area contributed by atoms with Crippen molar-refractivity contribution in [2.24, 2.45) is 0 Å². The van der Waals surface area contributed by atoms with E-state index in [-0.39, 0.29) is 0 Å². The van der Waals surface area contributed by atoms with Crippen LogP contribution >= 0.6 is 15.9 Å². The van der Waals surface area contributed by atoms with Crippen LogP contribution in [0.15, 0.2) is 33.3 Å². The second-order valence-electron chi connectivity index (χ2n) is 4.21. The molecule has 0 spiro atoms. The van der Waals surface area contributed by atoms with Crippen LogP contribution in [0.1, 0.15) is 24.8 Å². The van der Waals surface area contributed by atoms with Crippen molar-refractivity contribution >= 4 is 15.9 Å². The van der Waals surface area contributed by atoms with E-state index in [0.717, 1.165) is 34.7 Å². The summed E-state index contributed by atoms with van der Waals surface area (Å²) in [5.41, 5.74) is 2.25. The number of nitrogens with zero attached hydrogens (tertiary/aromatic N) is 1. The molecule has 0 aliphatic rings. The maximum absolute atomic E-state index is 5.76. The van der Waals surface area contributed by atoms with Crippen LogP contribution in [0.4, 0.5) is 0 Å². The molecule has 0 aliphatic heterocycles. The second kappa shape index (κ2) is 6.16. The quantitative estimate of drug-likeness (QED) is 0.851. The predicted octanol–water partition coefficient (Wildman–Crippen LogP) is 3.91. The Morgan fingerprint density at radius 3 is 3.00 bits per heavy atom. The number of rotatable bonds is 5. The molecular formula is C14H17BrN2O. The first-order valence-corrected chi connectivity index (χ1v) is 6.92. The zero-order valence-electron chi connectivity index (χ0n) is 10.7. The molecule has 2 aromatic rings. The van der Waals surface area contributed by atoms with Gasteiger partial charge in [0.15, 0.2) is 5.76 Å². The molecule has 1 N–H and O–H groups in total. The maximum Gasteiger partial charge on any atom is 0.208 e. The van der Waals surface area contributed by atoms with Gasteiger partial charge in [-0.15, -0.1) is 0 Å². The lowest BCUT2D eigenvalue weighted by molar-refractivity contribution is 0.477. The predicted molar refractivity (Wildman–Crippen MR) is 76.4 cm³/mol. The Balaban J connectivity index is 2.16. The lowest BCUT2D eigenvalue weighted by Crippen LogP contribution is -2.13. The van der Waals surface area contributed by atoms with Gasteiger partial charge in [0.05, 0.1) is 12.7 Å². The molecule has 0 radical (unpaired) electrons. The smallest absolute Gasteiger partial charge is 0.208 e. The third-order valence-corrected chi connectivity index (χ3v) is 3.65. The van der Waals surface area contributed by atoms with Crippen molar-refractivity contribution in [2.75, 3.05) is 6.54 Å². The summed E-state index contributed by atoms with van der Waals surface area (Å²) in [6.07, 6.45) is 2.90. The van der Waals surface area contributed by atoms with Crippen molar-refractivity contribution in [1.82, 2.24) is 10.3 Å². The van der Waals surface area contributed by atoms with Crippen molar-refractivity contribution in [2.45, 2.75) is 26.8 Å². The summed E-state index contributed by atoms with van der Waals surface area (Å²) in [5, 5.41) is 3.28. The van der Waals surface area contributed by atoms with Crippen LogP contribution in [-0.4, -0.2) is 11.5 Å². The van der Waals surface area contributed by atoms with Gasteiger partial charge < -0.3 is 9.73 Å². The van der Waals surface area contributed by atoms with Crippen LogP contribution in [0.3, 0.4) is 0 Å². The first-order valence-electron chi connectivity index (χ1n) is 6.13. The van der Waals surface area contributed by atoms with E-state index in [0.29, 0.717) is 6.54 Å². The number of hydrogen-bond donors (Lipinski definition) is 1. The molecule has 3 nitrogen and oxygen atoms in total. The third-order valence-electron chi connectivity index (χ3n) is 2.79.